The average molecular weight is 387 g/mol. The van der Waals surface area contributed by atoms with Gasteiger partial charge in [-0.15, -0.1) is 0 Å². The molecule has 0 atom stereocenters. The molecule has 0 aromatic heterocycles. The Morgan fingerprint density at radius 3 is 2.54 bits per heavy atom. The molecule has 2 saturated heterocycles. The number of rotatable bonds is 4. The fraction of sp³-hybridized carbons (Fsp3) is 0.739. The molecule has 1 aliphatic carbocycles. The van der Waals surface area contributed by atoms with Crippen molar-refractivity contribution >= 4 is 5.69 Å². The Morgan fingerprint density at radius 1 is 1.07 bits per heavy atom. The Kier molecular flexibility index (Phi) is 5.24. The summed E-state index contributed by atoms with van der Waals surface area (Å²) in [6.07, 6.45) is 8.77. The molecule has 3 heterocycles. The summed E-state index contributed by atoms with van der Waals surface area (Å²) in [6.45, 7) is 7.90. The predicted octanol–water partition coefficient (Wildman–Crippen LogP) is 3.95. The molecule has 0 unspecified atom stereocenters. The minimum atomic E-state index is -0.398. The lowest BCUT2D eigenvalue weighted by atomic mass is 9.89. The van der Waals surface area contributed by atoms with Crippen LogP contribution in [0.15, 0.2) is 18.2 Å². The first-order chi connectivity index (χ1) is 13.7. The maximum absolute atomic E-state index is 6.44. The second-order valence-corrected chi connectivity index (χ2v) is 8.86. The fourth-order valence-corrected chi connectivity index (χ4v) is 5.16. The molecule has 1 spiro atoms. The van der Waals surface area contributed by atoms with Gasteiger partial charge in [-0.2, -0.15) is 0 Å². The van der Waals surface area contributed by atoms with E-state index in [1.54, 1.807) is 0 Å². The van der Waals surface area contributed by atoms with Crippen molar-refractivity contribution in [1.29, 1.82) is 0 Å². The minimum absolute atomic E-state index is 0.398. The topological polar surface area (TPSA) is 34.2 Å². The molecule has 4 aliphatic rings. The number of piperidine rings is 2. The van der Waals surface area contributed by atoms with Crippen molar-refractivity contribution < 1.29 is 14.2 Å². The molecule has 5 rings (SSSR count). The number of anilines is 1. The van der Waals surface area contributed by atoms with Crippen molar-refractivity contribution in [1.82, 2.24) is 4.90 Å². The third-order valence-electron chi connectivity index (χ3n) is 7.19. The van der Waals surface area contributed by atoms with E-state index < -0.39 is 5.79 Å². The largest absolute Gasteiger partial charge is 0.462 e. The van der Waals surface area contributed by atoms with Crippen LogP contribution in [0.4, 0.5) is 5.69 Å². The monoisotopic (exact) mass is 386 g/mol. The van der Waals surface area contributed by atoms with Gasteiger partial charge in [0, 0.05) is 62.9 Å². The summed E-state index contributed by atoms with van der Waals surface area (Å²) < 4.78 is 18.5. The highest BCUT2D eigenvalue weighted by atomic mass is 16.7. The van der Waals surface area contributed by atoms with Gasteiger partial charge in [0.15, 0.2) is 0 Å². The highest BCUT2D eigenvalue weighted by Gasteiger charge is 2.42. The molecular formula is C23H34N2O3. The molecule has 0 N–H and O–H groups in total. The molecule has 0 bridgehead atoms. The van der Waals surface area contributed by atoms with Crippen molar-refractivity contribution in [2.24, 2.45) is 0 Å². The molecule has 3 aliphatic heterocycles. The molecule has 0 amide bonds. The zero-order chi connectivity index (χ0) is 19.0. The van der Waals surface area contributed by atoms with E-state index in [4.69, 9.17) is 14.2 Å². The molecule has 5 heteroatoms. The van der Waals surface area contributed by atoms with Crippen LogP contribution in [0, 0.1) is 0 Å². The third kappa shape index (κ3) is 3.64. The van der Waals surface area contributed by atoms with Crippen LogP contribution in [0.1, 0.15) is 57.4 Å². The van der Waals surface area contributed by atoms with Crippen LogP contribution in [0.3, 0.4) is 0 Å². The van der Waals surface area contributed by atoms with Gasteiger partial charge in [0.05, 0.1) is 12.7 Å². The Morgan fingerprint density at radius 2 is 1.86 bits per heavy atom. The summed E-state index contributed by atoms with van der Waals surface area (Å²) in [5, 5.41) is 0. The number of fused-ring (bicyclic) bond motifs is 1. The summed E-state index contributed by atoms with van der Waals surface area (Å²) in [7, 11) is 0. The Bertz CT molecular complexity index is 674. The van der Waals surface area contributed by atoms with Gasteiger partial charge in [0.2, 0.25) is 5.79 Å². The number of hydrogen-bond acceptors (Lipinski definition) is 5. The number of likely N-dealkylation sites (tertiary alicyclic amines) is 1. The van der Waals surface area contributed by atoms with Crippen LogP contribution in [0.2, 0.25) is 0 Å². The van der Waals surface area contributed by atoms with Crippen LogP contribution in [-0.4, -0.2) is 55.6 Å². The first kappa shape index (κ1) is 18.7. The molecular weight excluding hydrogens is 352 g/mol. The molecule has 1 aromatic carbocycles. The van der Waals surface area contributed by atoms with Crippen molar-refractivity contribution in [3.8, 4) is 5.75 Å². The summed E-state index contributed by atoms with van der Waals surface area (Å²) >= 11 is 0. The van der Waals surface area contributed by atoms with E-state index in [1.165, 1.54) is 30.5 Å². The van der Waals surface area contributed by atoms with Gasteiger partial charge in [0.1, 0.15) is 5.75 Å². The van der Waals surface area contributed by atoms with Crippen molar-refractivity contribution in [3.63, 3.8) is 0 Å². The number of hydrogen-bond donors (Lipinski definition) is 0. The zero-order valence-corrected chi connectivity index (χ0v) is 17.2. The van der Waals surface area contributed by atoms with E-state index in [9.17, 15) is 0 Å². The molecule has 0 radical (unpaired) electrons. The number of nitrogens with zero attached hydrogens (tertiary/aromatic N) is 2. The van der Waals surface area contributed by atoms with Gasteiger partial charge in [-0.1, -0.05) is 6.42 Å². The number of ether oxygens (including phenoxy) is 3. The summed E-state index contributed by atoms with van der Waals surface area (Å²) in [5.41, 5.74) is 2.48. The van der Waals surface area contributed by atoms with E-state index in [2.05, 4.69) is 34.9 Å². The van der Waals surface area contributed by atoms with Gasteiger partial charge in [-0.3, -0.25) is 4.90 Å². The van der Waals surface area contributed by atoms with Gasteiger partial charge in [0.25, 0.3) is 0 Å². The summed E-state index contributed by atoms with van der Waals surface area (Å²) in [6, 6.07) is 7.49. The van der Waals surface area contributed by atoms with Gasteiger partial charge in [-0.25, -0.2) is 0 Å². The van der Waals surface area contributed by atoms with E-state index in [1.807, 2.05) is 0 Å². The van der Waals surface area contributed by atoms with Crippen LogP contribution >= 0.6 is 0 Å². The van der Waals surface area contributed by atoms with E-state index in [0.29, 0.717) is 12.7 Å². The SMILES string of the molecule is CCOC1CCN(c2ccc3c(c2)COC2(CCN(C4CCC4)CC2)O3)CC1. The molecule has 5 nitrogen and oxygen atoms in total. The van der Waals surface area contributed by atoms with E-state index in [-0.39, 0.29) is 0 Å². The molecule has 154 valence electrons. The smallest absolute Gasteiger partial charge is 0.213 e. The van der Waals surface area contributed by atoms with E-state index in [0.717, 1.165) is 70.3 Å². The third-order valence-corrected chi connectivity index (χ3v) is 7.19. The first-order valence-electron chi connectivity index (χ1n) is 11.3. The van der Waals surface area contributed by atoms with Crippen LogP contribution in [0.25, 0.3) is 0 Å². The lowest BCUT2D eigenvalue weighted by Crippen LogP contribution is -2.54. The molecule has 1 saturated carbocycles. The Hall–Kier alpha value is -1.30. The van der Waals surface area contributed by atoms with Crippen molar-refractivity contribution in [2.75, 3.05) is 37.7 Å². The molecule has 3 fully saturated rings. The summed E-state index contributed by atoms with van der Waals surface area (Å²) in [4.78, 5) is 5.11. The predicted molar refractivity (Wildman–Crippen MR) is 110 cm³/mol. The number of benzene rings is 1. The highest BCUT2D eigenvalue weighted by molar-refractivity contribution is 5.54. The zero-order valence-electron chi connectivity index (χ0n) is 17.2. The van der Waals surface area contributed by atoms with Crippen LogP contribution < -0.4 is 9.64 Å². The lowest BCUT2D eigenvalue weighted by Gasteiger charge is -2.47. The highest BCUT2D eigenvalue weighted by Crippen LogP contribution is 2.40. The minimum Gasteiger partial charge on any atom is -0.462 e. The Balaban J connectivity index is 1.21. The average Bonchev–Trinajstić information content (AvgIpc) is 2.69. The second kappa shape index (κ2) is 7.85. The van der Waals surface area contributed by atoms with Crippen molar-refractivity contribution in [3.05, 3.63) is 23.8 Å². The van der Waals surface area contributed by atoms with Crippen molar-refractivity contribution in [2.45, 2.75) is 76.4 Å². The Labute approximate surface area is 168 Å². The van der Waals surface area contributed by atoms with Gasteiger partial charge >= 0.3 is 0 Å². The summed E-state index contributed by atoms with van der Waals surface area (Å²) in [5.74, 6) is 0.626. The standard InChI is InChI=1S/C23H34N2O3/c1-2-26-21-8-12-24(13-9-21)20-6-7-22-18(16-20)17-27-23(28-22)10-14-25(15-11-23)19-4-3-5-19/h6-7,16,19,21H,2-5,8-15,17H2,1H3. The van der Waals surface area contributed by atoms with Crippen LogP contribution in [0.5, 0.6) is 5.75 Å². The fourth-order valence-electron chi connectivity index (χ4n) is 5.16. The van der Waals surface area contributed by atoms with Crippen LogP contribution in [-0.2, 0) is 16.1 Å². The normalized spacial score (nSPS) is 26.0. The van der Waals surface area contributed by atoms with Gasteiger partial charge in [-0.05, 0) is 50.8 Å². The maximum Gasteiger partial charge on any atom is 0.213 e. The molecule has 28 heavy (non-hydrogen) atoms. The van der Waals surface area contributed by atoms with Gasteiger partial charge < -0.3 is 19.1 Å². The maximum atomic E-state index is 6.44. The quantitative estimate of drug-likeness (QED) is 0.783. The lowest BCUT2D eigenvalue weighted by molar-refractivity contribution is -0.231. The first-order valence-corrected chi connectivity index (χ1v) is 11.3. The molecule has 1 aromatic rings. The van der Waals surface area contributed by atoms with E-state index >= 15 is 0 Å². The second-order valence-electron chi connectivity index (χ2n) is 8.86.